The number of H-pyrrole nitrogens is 2. The van der Waals surface area contributed by atoms with Gasteiger partial charge in [-0.05, 0) is 91.8 Å². The number of carbonyl (C=O) groups is 1. The zero-order valence-corrected chi connectivity index (χ0v) is 29.8. The van der Waals surface area contributed by atoms with Crippen LogP contribution in [0.2, 0.25) is 0 Å². The zero-order valence-electron chi connectivity index (χ0n) is 29.8. The number of carbonyl (C=O) groups excluding carboxylic acids is 1. The molecule has 0 radical (unpaired) electrons. The van der Waals surface area contributed by atoms with Gasteiger partial charge in [-0.15, -0.1) is 0 Å². The number of aromatic nitrogens is 6. The van der Waals surface area contributed by atoms with Crippen molar-refractivity contribution in [1.82, 2.24) is 29.9 Å². The monoisotopic (exact) mass is 676 g/mol. The van der Waals surface area contributed by atoms with E-state index in [1.807, 2.05) is 24.3 Å². The van der Waals surface area contributed by atoms with Crippen LogP contribution in [0, 0.1) is 12.8 Å². The van der Waals surface area contributed by atoms with Gasteiger partial charge in [-0.25, -0.2) is 19.9 Å². The Morgan fingerprint density at radius 3 is 2.24 bits per heavy atom. The molecule has 0 saturated heterocycles. The average Bonchev–Trinajstić information content (AvgIpc) is 3.97. The number of esters is 1. The van der Waals surface area contributed by atoms with Crippen molar-refractivity contribution >= 4 is 50.3 Å². The quantitative estimate of drug-likeness (QED) is 0.178. The highest BCUT2D eigenvalue weighted by atomic mass is 16.5. The van der Waals surface area contributed by atoms with E-state index in [1.54, 1.807) is 0 Å². The van der Waals surface area contributed by atoms with Gasteiger partial charge < -0.3 is 14.7 Å². The highest BCUT2D eigenvalue weighted by Gasteiger charge is 2.37. The largest absolute Gasteiger partial charge is 0.469 e. The minimum absolute atomic E-state index is 0.00874. The van der Waals surface area contributed by atoms with Crippen LogP contribution in [0.4, 0.5) is 0 Å². The molecular weight excluding hydrogens is 637 g/mol. The Balaban J connectivity index is 1.41. The number of para-hydroxylation sites is 2. The first-order valence-electron chi connectivity index (χ1n) is 17.9. The fourth-order valence-electron chi connectivity index (χ4n) is 8.65. The van der Waals surface area contributed by atoms with Crippen LogP contribution < -0.4 is 0 Å². The number of azo groups is 1. The molecule has 256 valence electrons. The predicted octanol–water partition coefficient (Wildman–Crippen LogP) is 9.13. The number of methoxy groups -OCH3 is 1. The van der Waals surface area contributed by atoms with Crippen LogP contribution in [0.5, 0.6) is 0 Å². The molecule has 1 aromatic carbocycles. The molecule has 0 saturated carbocycles. The summed E-state index contributed by atoms with van der Waals surface area (Å²) in [7, 11) is 1.45. The third-order valence-corrected chi connectivity index (χ3v) is 11.5. The van der Waals surface area contributed by atoms with Crippen LogP contribution >= 0.6 is 0 Å². The number of fused-ring (bicyclic) bond motifs is 12. The van der Waals surface area contributed by atoms with E-state index in [2.05, 4.69) is 73.0 Å². The average molecular weight is 677 g/mol. The number of hydrogen-bond donors (Lipinski definition) is 2. The molecule has 0 unspecified atom stereocenters. The van der Waals surface area contributed by atoms with Crippen LogP contribution in [0.3, 0.4) is 0 Å². The van der Waals surface area contributed by atoms with Crippen molar-refractivity contribution < 1.29 is 9.53 Å². The maximum atomic E-state index is 12.6. The highest BCUT2D eigenvalue weighted by molar-refractivity contribution is 6.09. The highest BCUT2D eigenvalue weighted by Crippen LogP contribution is 2.52. The summed E-state index contributed by atoms with van der Waals surface area (Å²) in [4.78, 5) is 41.4. The Morgan fingerprint density at radius 1 is 0.843 bits per heavy atom. The Hall–Kier alpha value is -5.51. The summed E-state index contributed by atoms with van der Waals surface area (Å²) in [5, 5.41) is 8.72. The van der Waals surface area contributed by atoms with Crippen molar-refractivity contribution in [2.75, 3.05) is 20.2 Å². The smallest absolute Gasteiger partial charge is 0.305 e. The van der Waals surface area contributed by atoms with E-state index in [9.17, 15) is 4.79 Å². The number of allylic oxidation sites excluding steroid dienone is 3. The molecule has 0 fully saturated rings. The lowest BCUT2D eigenvalue weighted by Gasteiger charge is -2.17. The molecule has 2 N–H and O–H groups in total. The van der Waals surface area contributed by atoms with Gasteiger partial charge in [0.15, 0.2) is 0 Å². The van der Waals surface area contributed by atoms with Crippen molar-refractivity contribution in [2.24, 2.45) is 16.1 Å². The van der Waals surface area contributed by atoms with E-state index in [1.165, 1.54) is 23.8 Å². The molecule has 2 atom stereocenters. The fraction of sp³-hybridized carbons (Fsp3) is 0.341. The number of benzene rings is 1. The summed E-state index contributed by atoms with van der Waals surface area (Å²) < 4.78 is 5.12. The first-order chi connectivity index (χ1) is 24.7. The van der Waals surface area contributed by atoms with Gasteiger partial charge in [-0.2, -0.15) is 10.2 Å². The number of aryl methyl sites for hydroxylation is 1. The molecule has 0 amide bonds. The van der Waals surface area contributed by atoms with Gasteiger partial charge in [0.25, 0.3) is 0 Å². The molecule has 4 aromatic rings. The van der Waals surface area contributed by atoms with E-state index >= 15 is 0 Å². The third kappa shape index (κ3) is 4.79. The molecule has 4 aliphatic heterocycles. The number of hydrogen-bond acceptors (Lipinski definition) is 8. The Kier molecular flexibility index (Phi) is 7.27. The van der Waals surface area contributed by atoms with Gasteiger partial charge in [0.2, 0.25) is 0 Å². The molecule has 0 spiro atoms. The third-order valence-electron chi connectivity index (χ3n) is 11.5. The molecule has 51 heavy (non-hydrogen) atoms. The fourth-order valence-corrected chi connectivity index (χ4v) is 8.65. The SMILES string of the molecule is CCC1=C(C)c2cc3nc(cc4[nH]c(c5c6[nH]c(cc1n2)c(C)c6-c1nc2ccccc2nc1-5)[C@@H](CCC(=O)OC)[C@@H]4C)C(C)=C3C1CN=NC1. The van der Waals surface area contributed by atoms with Crippen LogP contribution in [0.1, 0.15) is 98.5 Å². The van der Waals surface area contributed by atoms with E-state index in [0.717, 1.165) is 96.3 Å². The number of nitrogens with one attached hydrogen (secondary N) is 2. The van der Waals surface area contributed by atoms with Gasteiger partial charge in [0.05, 0.1) is 65.2 Å². The first-order valence-corrected chi connectivity index (χ1v) is 17.9. The summed E-state index contributed by atoms with van der Waals surface area (Å²) in [6.07, 6.45) is 1.77. The summed E-state index contributed by atoms with van der Waals surface area (Å²) in [5.74, 6) is 0.00593. The molecule has 9 rings (SSSR count). The molecule has 10 heteroatoms. The zero-order chi connectivity index (χ0) is 35.1. The van der Waals surface area contributed by atoms with E-state index < -0.39 is 0 Å². The van der Waals surface area contributed by atoms with Crippen molar-refractivity contribution in [1.29, 1.82) is 0 Å². The normalized spacial score (nSPS) is 18.6. The van der Waals surface area contributed by atoms with Crippen molar-refractivity contribution in [2.45, 2.75) is 65.7 Å². The second-order valence-electron chi connectivity index (χ2n) is 14.2. The molecule has 7 heterocycles. The van der Waals surface area contributed by atoms with Crippen LogP contribution in [-0.2, 0) is 9.53 Å². The lowest BCUT2D eigenvalue weighted by molar-refractivity contribution is -0.140. The molecule has 10 nitrogen and oxygen atoms in total. The Bertz CT molecular complexity index is 2490. The van der Waals surface area contributed by atoms with E-state index in [-0.39, 0.29) is 23.7 Å². The summed E-state index contributed by atoms with van der Waals surface area (Å²) >= 11 is 0. The van der Waals surface area contributed by atoms with Gasteiger partial charge in [0.1, 0.15) is 5.69 Å². The van der Waals surface area contributed by atoms with Gasteiger partial charge >= 0.3 is 5.97 Å². The van der Waals surface area contributed by atoms with E-state index in [4.69, 9.17) is 24.7 Å². The minimum atomic E-state index is -0.220. The van der Waals surface area contributed by atoms with E-state index in [0.29, 0.717) is 25.9 Å². The standard InChI is InChI=1S/C41H40N8O2/c1-7-24-19(2)28-16-33-35(23-17-42-43-18-23)21(4)30(45-33)14-29-20(3)25(12-13-34(50)51-6)38(48-29)37-39-36(22(5)31(49-39)15-32(24)44-28)40-41(37)47-27-11-9-8-10-26(27)46-40/h8-11,14-16,20,23,25,48-49H,7,12-13,17-18H2,1-6H3/t20-,25-/m0/s1. The predicted molar refractivity (Wildman–Crippen MR) is 200 cm³/mol. The first kappa shape index (κ1) is 31.5. The maximum absolute atomic E-state index is 12.6. The number of aromatic amines is 2. The molecule has 5 aliphatic rings. The van der Waals surface area contributed by atoms with Crippen molar-refractivity contribution in [3.63, 3.8) is 0 Å². The van der Waals surface area contributed by atoms with Gasteiger partial charge in [0, 0.05) is 52.2 Å². The summed E-state index contributed by atoms with van der Waals surface area (Å²) in [6, 6.07) is 14.6. The molecular formula is C41H40N8O2. The van der Waals surface area contributed by atoms with Gasteiger partial charge in [-0.1, -0.05) is 26.0 Å². The minimum Gasteiger partial charge on any atom is -0.469 e. The topological polar surface area (TPSA) is 134 Å². The molecule has 1 aliphatic carbocycles. The molecule has 3 aromatic heterocycles. The van der Waals surface area contributed by atoms with Crippen molar-refractivity contribution in [3.8, 4) is 22.5 Å². The summed E-state index contributed by atoms with van der Waals surface area (Å²) in [5.41, 5.74) is 19.1. The number of rotatable bonds is 5. The van der Waals surface area contributed by atoms with Crippen molar-refractivity contribution in [3.05, 3.63) is 82.2 Å². The Labute approximate surface area is 296 Å². The lowest BCUT2D eigenvalue weighted by atomic mass is 9.85. The number of ether oxygens (including phenoxy) is 1. The second-order valence-corrected chi connectivity index (χ2v) is 14.2. The Morgan fingerprint density at radius 2 is 1.53 bits per heavy atom. The summed E-state index contributed by atoms with van der Waals surface area (Å²) in [6.45, 7) is 12.2. The van der Waals surface area contributed by atoms with Crippen LogP contribution in [-0.4, -0.2) is 56.1 Å². The van der Waals surface area contributed by atoms with Crippen LogP contribution in [0.15, 0.2) is 52.7 Å². The number of nitrogens with zero attached hydrogens (tertiary/aromatic N) is 6. The maximum Gasteiger partial charge on any atom is 0.305 e. The second kappa shape index (κ2) is 11.8. The lowest BCUT2D eigenvalue weighted by Crippen LogP contribution is -2.08. The van der Waals surface area contributed by atoms with Gasteiger partial charge in [-0.3, -0.25) is 4.79 Å². The molecule has 8 bridgehead atoms. The van der Waals surface area contributed by atoms with Crippen LogP contribution in [0.25, 0.3) is 66.9 Å².